The van der Waals surface area contributed by atoms with E-state index in [-0.39, 0.29) is 0 Å². The average molecular weight is 109 g/mol. The SMILES string of the molecule is O=[C](O)[Cu]. The quantitative estimate of drug-likeness (QED) is 0.451. The maximum atomic E-state index is 8.81. The summed E-state index contributed by atoms with van der Waals surface area (Å²) in [5.41, 5.74) is 0. The first-order valence-electron chi connectivity index (χ1n) is 0.578. The molecule has 0 fully saturated rings. The fourth-order valence-corrected chi connectivity index (χ4v) is 0. The van der Waals surface area contributed by atoms with Gasteiger partial charge in [0, 0.05) is 0 Å². The van der Waals surface area contributed by atoms with Crippen LogP contribution in [-0.2, 0) is 16.0 Å². The third kappa shape index (κ3) is 17600. The molecule has 0 heterocycles. The molecule has 0 aromatic carbocycles. The molecule has 0 aromatic heterocycles. The van der Waals surface area contributed by atoms with Crippen molar-refractivity contribution in [3.8, 4) is 0 Å². The van der Waals surface area contributed by atoms with Crippen molar-refractivity contribution in [2.45, 2.75) is 0 Å². The van der Waals surface area contributed by atoms with Crippen LogP contribution >= 0.6 is 0 Å². The molecule has 0 saturated heterocycles. The van der Waals surface area contributed by atoms with Crippen molar-refractivity contribution in [1.29, 1.82) is 0 Å². The molecule has 0 aliphatic rings. The van der Waals surface area contributed by atoms with E-state index in [2.05, 4.69) is 16.0 Å². The molecule has 0 rings (SSSR count). The maximum absolute atomic E-state index is 8.81. The summed E-state index contributed by atoms with van der Waals surface area (Å²) >= 11 is 3.66. The Balaban J connectivity index is 2.80. The van der Waals surface area contributed by atoms with Crippen molar-refractivity contribution in [2.75, 3.05) is 0 Å². The summed E-state index contributed by atoms with van der Waals surface area (Å²) in [7, 11) is 0. The molecular formula is CHCuO2. The molecule has 1 N–H and O–H groups in total. The predicted molar refractivity (Wildman–Crippen MR) is 8.02 cm³/mol. The summed E-state index contributed by atoms with van der Waals surface area (Å²) in [6, 6.07) is 0. The van der Waals surface area contributed by atoms with Crippen LogP contribution in [0.15, 0.2) is 0 Å². The van der Waals surface area contributed by atoms with Crippen LogP contribution in [0.4, 0.5) is 4.79 Å². The third-order valence-electron chi connectivity index (χ3n) is 0. The zero-order valence-corrected chi connectivity index (χ0v) is 2.60. The standard InChI is InChI=1S/CHO2.Cu/c2-1-3;/h(H,2,3);. The van der Waals surface area contributed by atoms with E-state index in [1.807, 2.05) is 0 Å². The Morgan fingerprint density at radius 3 is 2.00 bits per heavy atom. The van der Waals surface area contributed by atoms with E-state index in [9.17, 15) is 0 Å². The van der Waals surface area contributed by atoms with Gasteiger partial charge in [0.15, 0.2) is 0 Å². The molecule has 0 amide bonds. The van der Waals surface area contributed by atoms with E-state index in [0.29, 0.717) is 0 Å². The topological polar surface area (TPSA) is 37.3 Å². The Kier molecular flexibility index (Phi) is 1.32. The van der Waals surface area contributed by atoms with Crippen LogP contribution in [0, 0.1) is 0 Å². The number of hydrogen-bond donors (Lipinski definition) is 1. The number of rotatable bonds is 0. The van der Waals surface area contributed by atoms with Crippen LogP contribution < -0.4 is 0 Å². The summed E-state index contributed by atoms with van der Waals surface area (Å²) in [4.78, 5) is 7.53. The molecule has 0 aromatic rings. The zero-order valence-electron chi connectivity index (χ0n) is 1.66. The Labute approximate surface area is 31.6 Å². The molecule has 2 nitrogen and oxygen atoms in total. The molecule has 28 valence electrons. The van der Waals surface area contributed by atoms with Gasteiger partial charge in [-0.1, -0.05) is 0 Å². The van der Waals surface area contributed by atoms with E-state index >= 15 is 0 Å². The molecule has 0 aliphatic carbocycles. The van der Waals surface area contributed by atoms with E-state index < -0.39 is 4.87 Å². The van der Waals surface area contributed by atoms with E-state index in [1.54, 1.807) is 0 Å². The van der Waals surface area contributed by atoms with Gasteiger partial charge < -0.3 is 0 Å². The summed E-state index contributed by atoms with van der Waals surface area (Å²) in [5.74, 6) is 0. The van der Waals surface area contributed by atoms with Gasteiger partial charge in [-0.2, -0.15) is 0 Å². The molecule has 0 saturated carbocycles. The van der Waals surface area contributed by atoms with Crippen molar-refractivity contribution in [3.05, 3.63) is 0 Å². The number of carboxylic acid groups (broad SMARTS) is 1. The van der Waals surface area contributed by atoms with E-state index in [1.165, 1.54) is 0 Å². The molecule has 4 heavy (non-hydrogen) atoms. The molecule has 0 spiro atoms. The third-order valence-corrected chi connectivity index (χ3v) is 0. The van der Waals surface area contributed by atoms with E-state index in [0.717, 1.165) is 0 Å². The van der Waals surface area contributed by atoms with Crippen LogP contribution in [0.3, 0.4) is 0 Å². The second-order valence-electron chi connectivity index (χ2n) is 0.220. The van der Waals surface area contributed by atoms with Crippen LogP contribution in [0.5, 0.6) is 0 Å². The molecule has 0 bridgehead atoms. The molecular weight excluding hydrogens is 108 g/mol. The Bertz CT molecular complexity index is 29.0. The minimum absolute atomic E-state index is 1.27. The Hall–Kier alpha value is -0.0105. The Morgan fingerprint density at radius 1 is 2.00 bits per heavy atom. The average Bonchev–Trinajstić information content (AvgIpc) is 0.811. The first kappa shape index (κ1) is 3.99. The van der Waals surface area contributed by atoms with Crippen molar-refractivity contribution in [2.24, 2.45) is 0 Å². The van der Waals surface area contributed by atoms with Crippen molar-refractivity contribution >= 4 is 4.87 Å². The second-order valence-corrected chi connectivity index (χ2v) is 0.623. The van der Waals surface area contributed by atoms with Gasteiger partial charge in [-0.25, -0.2) is 0 Å². The van der Waals surface area contributed by atoms with Gasteiger partial charge in [0.05, 0.1) is 0 Å². The molecule has 0 unspecified atom stereocenters. The molecule has 0 atom stereocenters. The fourth-order valence-electron chi connectivity index (χ4n) is 0. The van der Waals surface area contributed by atoms with Crippen LogP contribution in [0.2, 0.25) is 0 Å². The van der Waals surface area contributed by atoms with Crippen LogP contribution in [0.25, 0.3) is 0 Å². The van der Waals surface area contributed by atoms with Gasteiger partial charge in [-0.05, 0) is 0 Å². The minimum atomic E-state index is -1.27. The summed E-state index contributed by atoms with van der Waals surface area (Å²) in [5, 5.41) is 7.22. The fraction of sp³-hybridized carbons (Fsp3) is 0. The summed E-state index contributed by atoms with van der Waals surface area (Å²) in [6.45, 7) is 0. The summed E-state index contributed by atoms with van der Waals surface area (Å²) < 4.78 is 0. The normalized spacial score (nSPS) is 6.50. The van der Waals surface area contributed by atoms with Crippen molar-refractivity contribution in [3.63, 3.8) is 0 Å². The molecule has 0 radical (unpaired) electrons. The first-order valence-corrected chi connectivity index (χ1v) is 1.05. The van der Waals surface area contributed by atoms with Crippen LogP contribution in [-0.4, -0.2) is 9.97 Å². The van der Waals surface area contributed by atoms with Gasteiger partial charge >= 0.3 is 30.8 Å². The summed E-state index contributed by atoms with van der Waals surface area (Å²) in [6.07, 6.45) is 0. The van der Waals surface area contributed by atoms with E-state index in [4.69, 9.17) is 9.90 Å². The second kappa shape index (κ2) is 1.32. The monoisotopic (exact) mass is 108 g/mol. The molecule has 0 aliphatic heterocycles. The predicted octanol–water partition coefficient (Wildman–Crippen LogP) is 0.211. The Morgan fingerprint density at radius 2 is 2.00 bits per heavy atom. The molecule has 3 heteroatoms. The van der Waals surface area contributed by atoms with Gasteiger partial charge in [0.25, 0.3) is 0 Å². The van der Waals surface area contributed by atoms with Crippen molar-refractivity contribution in [1.82, 2.24) is 0 Å². The number of hydrogen-bond acceptors (Lipinski definition) is 1. The van der Waals surface area contributed by atoms with Crippen LogP contribution in [0.1, 0.15) is 0 Å². The first-order chi connectivity index (χ1) is 1.73. The van der Waals surface area contributed by atoms with Gasteiger partial charge in [-0.3, -0.25) is 0 Å². The van der Waals surface area contributed by atoms with Gasteiger partial charge in [-0.15, -0.1) is 0 Å². The van der Waals surface area contributed by atoms with Gasteiger partial charge in [0.2, 0.25) is 0 Å². The van der Waals surface area contributed by atoms with Gasteiger partial charge in [0.1, 0.15) is 0 Å². The van der Waals surface area contributed by atoms with Crippen molar-refractivity contribution < 1.29 is 25.9 Å². The number of carbonyl (C=O) groups is 1. The zero-order chi connectivity index (χ0) is 3.58.